The Labute approximate surface area is 101 Å². The number of nitrogens with zero attached hydrogens (tertiary/aromatic N) is 1. The second kappa shape index (κ2) is 4.97. The summed E-state index contributed by atoms with van der Waals surface area (Å²) in [6.07, 6.45) is 1.71. The average molecular weight is 228 g/mol. The molecule has 3 nitrogen and oxygen atoms in total. The van der Waals surface area contributed by atoms with Gasteiger partial charge < -0.3 is 10.5 Å². The van der Waals surface area contributed by atoms with E-state index in [1.54, 1.807) is 6.20 Å². The highest BCUT2D eigenvalue weighted by atomic mass is 16.5. The fourth-order valence-corrected chi connectivity index (χ4v) is 1.55. The van der Waals surface area contributed by atoms with Crippen molar-refractivity contribution in [1.82, 2.24) is 4.98 Å². The molecule has 1 aromatic carbocycles. The summed E-state index contributed by atoms with van der Waals surface area (Å²) in [7, 11) is 0. The monoisotopic (exact) mass is 228 g/mol. The van der Waals surface area contributed by atoms with Crippen molar-refractivity contribution in [3.05, 3.63) is 53.7 Å². The second-order valence-corrected chi connectivity index (χ2v) is 4.08. The van der Waals surface area contributed by atoms with Gasteiger partial charge in [0.2, 0.25) is 5.88 Å². The number of nitrogens with two attached hydrogens (primary N) is 1. The van der Waals surface area contributed by atoms with Gasteiger partial charge in [0.15, 0.2) is 0 Å². The van der Waals surface area contributed by atoms with E-state index in [0.29, 0.717) is 5.88 Å². The van der Waals surface area contributed by atoms with Gasteiger partial charge in [0.1, 0.15) is 5.75 Å². The Morgan fingerprint density at radius 3 is 2.71 bits per heavy atom. The van der Waals surface area contributed by atoms with Crippen LogP contribution in [0.15, 0.2) is 42.6 Å². The third-order valence-electron chi connectivity index (χ3n) is 2.59. The Hall–Kier alpha value is -1.87. The first kappa shape index (κ1) is 11.6. The molecular weight excluding hydrogens is 212 g/mol. The van der Waals surface area contributed by atoms with Gasteiger partial charge in [-0.3, -0.25) is 0 Å². The van der Waals surface area contributed by atoms with Gasteiger partial charge >= 0.3 is 0 Å². The molecular formula is C14H16N2O. The van der Waals surface area contributed by atoms with Gasteiger partial charge in [-0.15, -0.1) is 0 Å². The molecule has 0 aliphatic rings. The number of para-hydroxylation sites is 1. The number of pyridine rings is 1. The number of hydrogen-bond donors (Lipinski definition) is 1. The van der Waals surface area contributed by atoms with E-state index in [-0.39, 0.29) is 6.04 Å². The first-order chi connectivity index (χ1) is 8.16. The van der Waals surface area contributed by atoms with E-state index in [4.69, 9.17) is 10.5 Å². The van der Waals surface area contributed by atoms with Crippen molar-refractivity contribution in [3.8, 4) is 11.6 Å². The number of hydrogen-bond acceptors (Lipinski definition) is 3. The molecule has 0 saturated heterocycles. The highest BCUT2D eigenvalue weighted by Crippen LogP contribution is 2.24. The van der Waals surface area contributed by atoms with E-state index in [1.807, 2.05) is 50.2 Å². The van der Waals surface area contributed by atoms with E-state index >= 15 is 0 Å². The molecule has 0 spiro atoms. The zero-order chi connectivity index (χ0) is 12.3. The van der Waals surface area contributed by atoms with Crippen molar-refractivity contribution in [2.24, 2.45) is 5.73 Å². The summed E-state index contributed by atoms with van der Waals surface area (Å²) in [5.41, 5.74) is 7.92. The molecule has 1 atom stereocenters. The van der Waals surface area contributed by atoms with Gasteiger partial charge in [0.25, 0.3) is 0 Å². The van der Waals surface area contributed by atoms with E-state index < -0.39 is 0 Å². The van der Waals surface area contributed by atoms with E-state index in [9.17, 15) is 0 Å². The molecule has 0 radical (unpaired) electrons. The Balaban J connectivity index is 2.25. The number of aromatic nitrogens is 1. The molecule has 2 N–H and O–H groups in total. The molecule has 0 aliphatic carbocycles. The SMILES string of the molecule is Cc1ccccc1Oc1cc([C@@H](C)N)ccn1. The van der Waals surface area contributed by atoms with Crippen LogP contribution in [-0.2, 0) is 0 Å². The van der Waals surface area contributed by atoms with Crippen molar-refractivity contribution in [2.75, 3.05) is 0 Å². The molecule has 17 heavy (non-hydrogen) atoms. The number of aryl methyl sites for hydroxylation is 1. The lowest BCUT2D eigenvalue weighted by Crippen LogP contribution is -2.05. The minimum absolute atomic E-state index is 0.0165. The number of benzene rings is 1. The fourth-order valence-electron chi connectivity index (χ4n) is 1.55. The van der Waals surface area contributed by atoms with E-state index in [1.165, 1.54) is 0 Å². The van der Waals surface area contributed by atoms with Crippen molar-refractivity contribution in [3.63, 3.8) is 0 Å². The van der Waals surface area contributed by atoms with Crippen LogP contribution in [-0.4, -0.2) is 4.98 Å². The molecule has 0 unspecified atom stereocenters. The predicted molar refractivity (Wildman–Crippen MR) is 68.1 cm³/mol. The second-order valence-electron chi connectivity index (χ2n) is 4.08. The minimum atomic E-state index is -0.0165. The van der Waals surface area contributed by atoms with Crippen molar-refractivity contribution in [2.45, 2.75) is 19.9 Å². The van der Waals surface area contributed by atoms with Crippen molar-refractivity contribution < 1.29 is 4.74 Å². The molecule has 0 saturated carbocycles. The van der Waals surface area contributed by atoms with Crippen LogP contribution < -0.4 is 10.5 Å². The Bertz CT molecular complexity index is 509. The molecule has 2 aromatic rings. The quantitative estimate of drug-likeness (QED) is 0.877. The lowest BCUT2D eigenvalue weighted by molar-refractivity contribution is 0.458. The van der Waals surface area contributed by atoms with Crippen LogP contribution in [0.3, 0.4) is 0 Å². The molecule has 2 rings (SSSR count). The first-order valence-corrected chi connectivity index (χ1v) is 5.62. The number of rotatable bonds is 3. The lowest BCUT2D eigenvalue weighted by atomic mass is 10.1. The van der Waals surface area contributed by atoms with E-state index in [0.717, 1.165) is 16.9 Å². The summed E-state index contributed by atoms with van der Waals surface area (Å²) < 4.78 is 5.73. The Morgan fingerprint density at radius 1 is 1.24 bits per heavy atom. The largest absolute Gasteiger partial charge is 0.439 e. The van der Waals surface area contributed by atoms with Gasteiger partial charge in [0.05, 0.1) is 0 Å². The van der Waals surface area contributed by atoms with Gasteiger partial charge in [0, 0.05) is 18.3 Å². The molecule has 0 bridgehead atoms. The predicted octanol–water partition coefficient (Wildman–Crippen LogP) is 3.20. The van der Waals surface area contributed by atoms with Crippen molar-refractivity contribution >= 4 is 0 Å². The normalized spacial score (nSPS) is 12.2. The maximum absolute atomic E-state index is 5.82. The smallest absolute Gasteiger partial charge is 0.219 e. The Morgan fingerprint density at radius 2 is 2.00 bits per heavy atom. The van der Waals surface area contributed by atoms with Crippen LogP contribution in [0.5, 0.6) is 11.6 Å². The summed E-state index contributed by atoms with van der Waals surface area (Å²) in [5, 5.41) is 0. The molecule has 3 heteroatoms. The topological polar surface area (TPSA) is 48.1 Å². The zero-order valence-corrected chi connectivity index (χ0v) is 10.1. The van der Waals surface area contributed by atoms with Crippen LogP contribution in [0.4, 0.5) is 0 Å². The van der Waals surface area contributed by atoms with Crippen LogP contribution >= 0.6 is 0 Å². The minimum Gasteiger partial charge on any atom is -0.439 e. The van der Waals surface area contributed by atoms with Crippen LogP contribution in [0.25, 0.3) is 0 Å². The highest BCUT2D eigenvalue weighted by molar-refractivity contribution is 5.35. The van der Waals surface area contributed by atoms with Gasteiger partial charge in [-0.2, -0.15) is 0 Å². The molecule has 1 heterocycles. The van der Waals surface area contributed by atoms with Crippen LogP contribution in [0.2, 0.25) is 0 Å². The lowest BCUT2D eigenvalue weighted by Gasteiger charge is -2.10. The average Bonchev–Trinajstić information content (AvgIpc) is 2.32. The van der Waals surface area contributed by atoms with Crippen molar-refractivity contribution in [1.29, 1.82) is 0 Å². The van der Waals surface area contributed by atoms with Gasteiger partial charge in [-0.1, -0.05) is 18.2 Å². The third-order valence-corrected chi connectivity index (χ3v) is 2.59. The zero-order valence-electron chi connectivity index (χ0n) is 10.1. The highest BCUT2D eigenvalue weighted by Gasteiger charge is 2.04. The molecule has 0 amide bonds. The summed E-state index contributed by atoms with van der Waals surface area (Å²) in [6, 6.07) is 11.6. The maximum atomic E-state index is 5.82. The summed E-state index contributed by atoms with van der Waals surface area (Å²) in [6.45, 7) is 3.94. The molecule has 1 aromatic heterocycles. The first-order valence-electron chi connectivity index (χ1n) is 5.62. The van der Waals surface area contributed by atoms with Gasteiger partial charge in [-0.05, 0) is 37.1 Å². The van der Waals surface area contributed by atoms with E-state index in [2.05, 4.69) is 4.98 Å². The maximum Gasteiger partial charge on any atom is 0.219 e. The summed E-state index contributed by atoms with van der Waals surface area (Å²) >= 11 is 0. The molecule has 0 fully saturated rings. The standard InChI is InChI=1S/C14H16N2O/c1-10-5-3-4-6-13(10)17-14-9-12(11(2)15)7-8-16-14/h3-9,11H,15H2,1-2H3/t11-/m1/s1. The van der Waals surface area contributed by atoms with Crippen LogP contribution in [0.1, 0.15) is 24.1 Å². The molecule has 88 valence electrons. The fraction of sp³-hybridized carbons (Fsp3) is 0.214. The number of ether oxygens (including phenoxy) is 1. The summed E-state index contributed by atoms with van der Waals surface area (Å²) in [4.78, 5) is 4.18. The van der Waals surface area contributed by atoms with Crippen LogP contribution in [0, 0.1) is 6.92 Å². The molecule has 0 aliphatic heterocycles. The third kappa shape index (κ3) is 2.82. The van der Waals surface area contributed by atoms with Gasteiger partial charge in [-0.25, -0.2) is 4.98 Å². The summed E-state index contributed by atoms with van der Waals surface area (Å²) in [5.74, 6) is 1.40. The Kier molecular flexibility index (Phi) is 3.40.